The fraction of sp³-hybridized carbons (Fsp3) is 0.267. The molecule has 5 heteroatoms. The van der Waals surface area contributed by atoms with E-state index in [9.17, 15) is 9.59 Å². The number of hydrogen-bond acceptors (Lipinski definition) is 3. The molecule has 0 radical (unpaired) electrons. The number of anilines is 1. The maximum Gasteiger partial charge on any atom is 0.233 e. The third-order valence-corrected chi connectivity index (χ3v) is 2.68. The summed E-state index contributed by atoms with van der Waals surface area (Å²) in [6.07, 6.45) is 1.48. The number of benzene rings is 1. The van der Waals surface area contributed by atoms with E-state index in [0.717, 1.165) is 5.39 Å². The first-order valence-electron chi connectivity index (χ1n) is 6.49. The summed E-state index contributed by atoms with van der Waals surface area (Å²) in [7, 11) is 0. The second-order valence-electron chi connectivity index (χ2n) is 4.83. The highest BCUT2D eigenvalue weighted by Gasteiger charge is 2.11. The second kappa shape index (κ2) is 6.14. The van der Waals surface area contributed by atoms with Gasteiger partial charge in [-0.3, -0.25) is 14.6 Å². The molecule has 0 spiro atoms. The Labute approximate surface area is 117 Å². The van der Waals surface area contributed by atoms with Crippen LogP contribution in [0.2, 0.25) is 0 Å². The lowest BCUT2D eigenvalue weighted by Gasteiger charge is -2.10. The summed E-state index contributed by atoms with van der Waals surface area (Å²) in [4.78, 5) is 27.6. The average Bonchev–Trinajstić information content (AvgIpc) is 2.38. The fourth-order valence-electron chi connectivity index (χ4n) is 1.92. The number of nitrogens with zero attached hydrogens (tertiary/aromatic N) is 1. The molecular weight excluding hydrogens is 254 g/mol. The van der Waals surface area contributed by atoms with E-state index in [2.05, 4.69) is 15.6 Å². The van der Waals surface area contributed by atoms with Crippen LogP contribution in [0.4, 0.5) is 5.69 Å². The molecule has 20 heavy (non-hydrogen) atoms. The van der Waals surface area contributed by atoms with Gasteiger partial charge in [0.1, 0.15) is 6.42 Å². The highest BCUT2D eigenvalue weighted by atomic mass is 16.2. The van der Waals surface area contributed by atoms with Crippen LogP contribution in [0.1, 0.15) is 20.3 Å². The van der Waals surface area contributed by atoms with Crippen molar-refractivity contribution >= 4 is 28.4 Å². The monoisotopic (exact) mass is 271 g/mol. The fourth-order valence-corrected chi connectivity index (χ4v) is 1.92. The Hall–Kier alpha value is -2.43. The van der Waals surface area contributed by atoms with E-state index in [4.69, 9.17) is 0 Å². The van der Waals surface area contributed by atoms with Crippen molar-refractivity contribution in [1.82, 2.24) is 10.3 Å². The molecule has 0 saturated carbocycles. The number of rotatable bonds is 4. The van der Waals surface area contributed by atoms with Gasteiger partial charge in [0.05, 0.1) is 11.2 Å². The Morgan fingerprint density at radius 3 is 2.65 bits per heavy atom. The highest BCUT2D eigenvalue weighted by Crippen LogP contribution is 2.20. The van der Waals surface area contributed by atoms with Crippen molar-refractivity contribution in [2.75, 3.05) is 5.32 Å². The Morgan fingerprint density at radius 1 is 1.15 bits per heavy atom. The van der Waals surface area contributed by atoms with Gasteiger partial charge < -0.3 is 10.6 Å². The highest BCUT2D eigenvalue weighted by molar-refractivity contribution is 6.07. The van der Waals surface area contributed by atoms with E-state index < -0.39 is 0 Å². The van der Waals surface area contributed by atoms with Gasteiger partial charge in [-0.05, 0) is 26.0 Å². The van der Waals surface area contributed by atoms with Crippen LogP contribution in [-0.4, -0.2) is 22.8 Å². The molecule has 0 atom stereocenters. The number of hydrogen-bond donors (Lipinski definition) is 2. The van der Waals surface area contributed by atoms with Crippen LogP contribution in [0, 0.1) is 0 Å². The zero-order chi connectivity index (χ0) is 14.5. The molecule has 1 aromatic heterocycles. The molecule has 0 unspecified atom stereocenters. The number of fused-ring (bicyclic) bond motifs is 1. The summed E-state index contributed by atoms with van der Waals surface area (Å²) in [5.41, 5.74) is 1.33. The van der Waals surface area contributed by atoms with Crippen LogP contribution >= 0.6 is 0 Å². The number of pyridine rings is 1. The van der Waals surface area contributed by atoms with Gasteiger partial charge in [-0.2, -0.15) is 0 Å². The number of para-hydroxylation sites is 1. The van der Waals surface area contributed by atoms with Crippen molar-refractivity contribution in [2.24, 2.45) is 0 Å². The molecule has 0 saturated heterocycles. The van der Waals surface area contributed by atoms with Gasteiger partial charge in [0.2, 0.25) is 11.8 Å². The van der Waals surface area contributed by atoms with Crippen molar-refractivity contribution in [1.29, 1.82) is 0 Å². The predicted molar refractivity (Wildman–Crippen MR) is 78.3 cm³/mol. The predicted octanol–water partition coefficient (Wildman–Crippen LogP) is 2.09. The second-order valence-corrected chi connectivity index (χ2v) is 4.83. The molecule has 1 heterocycles. The Morgan fingerprint density at radius 2 is 1.90 bits per heavy atom. The maximum absolute atomic E-state index is 11.8. The molecule has 1 aromatic carbocycles. The van der Waals surface area contributed by atoms with E-state index in [1.165, 1.54) is 0 Å². The molecule has 104 valence electrons. The number of carbonyl (C=O) groups is 2. The minimum Gasteiger partial charge on any atom is -0.353 e. The maximum atomic E-state index is 11.8. The van der Waals surface area contributed by atoms with E-state index in [-0.39, 0.29) is 24.3 Å². The molecular formula is C15H17N3O2. The SMILES string of the molecule is CC(C)NC(=O)CC(=O)Nc1cccc2cccnc12. The van der Waals surface area contributed by atoms with Gasteiger partial charge in [0.15, 0.2) is 0 Å². The normalized spacial score (nSPS) is 10.6. The minimum atomic E-state index is -0.346. The zero-order valence-electron chi connectivity index (χ0n) is 11.5. The molecule has 2 N–H and O–H groups in total. The molecule has 0 aliphatic heterocycles. The first kappa shape index (κ1) is 14.0. The number of nitrogens with one attached hydrogen (secondary N) is 2. The largest absolute Gasteiger partial charge is 0.353 e. The topological polar surface area (TPSA) is 71.1 Å². The summed E-state index contributed by atoms with van der Waals surface area (Å²) >= 11 is 0. The summed E-state index contributed by atoms with van der Waals surface area (Å²) < 4.78 is 0. The van der Waals surface area contributed by atoms with Crippen molar-refractivity contribution < 1.29 is 9.59 Å². The molecule has 0 aliphatic rings. The van der Waals surface area contributed by atoms with Crippen molar-refractivity contribution in [3.8, 4) is 0 Å². The lowest BCUT2D eigenvalue weighted by Crippen LogP contribution is -2.33. The Kier molecular flexibility index (Phi) is 4.30. The molecule has 0 fully saturated rings. The number of aromatic nitrogens is 1. The van der Waals surface area contributed by atoms with Gasteiger partial charge in [-0.25, -0.2) is 0 Å². The lowest BCUT2D eigenvalue weighted by atomic mass is 10.2. The summed E-state index contributed by atoms with van der Waals surface area (Å²) in [6.45, 7) is 3.70. The summed E-state index contributed by atoms with van der Waals surface area (Å²) in [5.74, 6) is -0.632. The quantitative estimate of drug-likeness (QED) is 0.836. The molecule has 2 amide bonds. The van der Waals surface area contributed by atoms with Crippen LogP contribution in [-0.2, 0) is 9.59 Å². The van der Waals surface area contributed by atoms with Gasteiger partial charge in [0, 0.05) is 17.6 Å². The van der Waals surface area contributed by atoms with Gasteiger partial charge in [0.25, 0.3) is 0 Å². The lowest BCUT2D eigenvalue weighted by molar-refractivity contribution is -0.127. The van der Waals surface area contributed by atoms with Crippen LogP contribution in [0.5, 0.6) is 0 Å². The van der Waals surface area contributed by atoms with Gasteiger partial charge in [-0.15, -0.1) is 0 Å². The first-order chi connectivity index (χ1) is 9.56. The molecule has 2 aromatic rings. The molecule has 2 rings (SSSR count). The van der Waals surface area contributed by atoms with Crippen LogP contribution in [0.3, 0.4) is 0 Å². The van der Waals surface area contributed by atoms with E-state index in [0.29, 0.717) is 11.2 Å². The standard InChI is InChI=1S/C15H17N3O2/c1-10(2)17-13(19)9-14(20)18-12-7-3-5-11-6-4-8-16-15(11)12/h3-8,10H,9H2,1-2H3,(H,17,19)(H,18,20). The van der Waals surface area contributed by atoms with Crippen molar-refractivity contribution in [2.45, 2.75) is 26.3 Å². The summed E-state index contributed by atoms with van der Waals surface area (Å²) in [5, 5.41) is 6.35. The zero-order valence-corrected chi connectivity index (χ0v) is 11.5. The van der Waals surface area contributed by atoms with Crippen LogP contribution in [0.15, 0.2) is 36.5 Å². The van der Waals surface area contributed by atoms with Crippen molar-refractivity contribution in [3.63, 3.8) is 0 Å². The first-order valence-corrected chi connectivity index (χ1v) is 6.49. The third-order valence-electron chi connectivity index (χ3n) is 2.68. The van der Waals surface area contributed by atoms with Crippen LogP contribution < -0.4 is 10.6 Å². The average molecular weight is 271 g/mol. The van der Waals surface area contributed by atoms with Crippen molar-refractivity contribution in [3.05, 3.63) is 36.5 Å². The van der Waals surface area contributed by atoms with Gasteiger partial charge >= 0.3 is 0 Å². The van der Waals surface area contributed by atoms with Gasteiger partial charge in [-0.1, -0.05) is 18.2 Å². The molecule has 5 nitrogen and oxygen atoms in total. The smallest absolute Gasteiger partial charge is 0.233 e. The molecule has 0 bridgehead atoms. The van der Waals surface area contributed by atoms with E-state index in [1.807, 2.05) is 38.1 Å². The van der Waals surface area contributed by atoms with Crippen LogP contribution in [0.25, 0.3) is 10.9 Å². The van der Waals surface area contributed by atoms with E-state index >= 15 is 0 Å². The van der Waals surface area contributed by atoms with E-state index in [1.54, 1.807) is 12.3 Å². The Balaban J connectivity index is 2.08. The summed E-state index contributed by atoms with van der Waals surface area (Å²) in [6, 6.07) is 9.31. The third kappa shape index (κ3) is 3.54. The number of carbonyl (C=O) groups excluding carboxylic acids is 2. The number of amides is 2. The Bertz CT molecular complexity index is 633. The minimum absolute atomic E-state index is 0.0227. The molecule has 0 aliphatic carbocycles.